The highest BCUT2D eigenvalue weighted by Crippen LogP contribution is 2.21. The molecular formula is C15H19N5O2S. The zero-order valence-corrected chi connectivity index (χ0v) is 14.0. The van der Waals surface area contributed by atoms with Crippen LogP contribution in [0.1, 0.15) is 18.2 Å². The molecule has 0 aliphatic heterocycles. The van der Waals surface area contributed by atoms with E-state index in [0.717, 1.165) is 22.7 Å². The minimum atomic E-state index is -0.250. The molecule has 7 nitrogen and oxygen atoms in total. The molecule has 8 heteroatoms. The number of nitrogens with two attached hydrogens (primary N) is 1. The maximum absolute atomic E-state index is 11.8. The summed E-state index contributed by atoms with van der Waals surface area (Å²) in [7, 11) is 1.60. The summed E-state index contributed by atoms with van der Waals surface area (Å²) in [5, 5.41) is 7.67. The number of anilines is 2. The quantitative estimate of drug-likeness (QED) is 0.554. The van der Waals surface area contributed by atoms with E-state index in [2.05, 4.69) is 20.2 Å². The number of ether oxygens (including phenoxy) is 1. The number of nitrogen functional groups attached to an aromatic ring is 1. The van der Waals surface area contributed by atoms with Crippen LogP contribution in [0.2, 0.25) is 0 Å². The summed E-state index contributed by atoms with van der Waals surface area (Å²) in [4.78, 5) is 11.8. The van der Waals surface area contributed by atoms with E-state index < -0.39 is 0 Å². The number of rotatable bonds is 6. The molecule has 122 valence electrons. The lowest BCUT2D eigenvalue weighted by Gasteiger charge is -2.07. The Morgan fingerprint density at radius 3 is 2.65 bits per heavy atom. The number of hydrogen-bond donors (Lipinski definition) is 3. The SMILES string of the molecule is COc1ccc(NCC(=O)N/N=C(/C)c2c(C)nsc2N)cc1. The smallest absolute Gasteiger partial charge is 0.259 e. The fraction of sp³-hybridized carbons (Fsp3) is 0.267. The molecule has 0 saturated heterocycles. The van der Waals surface area contributed by atoms with E-state index in [9.17, 15) is 4.79 Å². The fourth-order valence-electron chi connectivity index (χ4n) is 1.96. The van der Waals surface area contributed by atoms with Crippen LogP contribution < -0.4 is 21.2 Å². The fourth-order valence-corrected chi connectivity index (χ4v) is 2.67. The zero-order chi connectivity index (χ0) is 16.8. The molecule has 4 N–H and O–H groups in total. The van der Waals surface area contributed by atoms with Gasteiger partial charge in [-0.2, -0.15) is 9.47 Å². The molecule has 0 aliphatic rings. The average molecular weight is 333 g/mol. The van der Waals surface area contributed by atoms with Gasteiger partial charge in [-0.15, -0.1) is 0 Å². The predicted octanol–water partition coefficient (Wildman–Crippen LogP) is 1.99. The van der Waals surface area contributed by atoms with Crippen molar-refractivity contribution in [3.05, 3.63) is 35.5 Å². The molecule has 0 atom stereocenters. The average Bonchev–Trinajstić information content (AvgIpc) is 2.90. The van der Waals surface area contributed by atoms with E-state index >= 15 is 0 Å². The number of amides is 1. The van der Waals surface area contributed by atoms with Crippen molar-refractivity contribution in [1.82, 2.24) is 9.80 Å². The molecule has 1 aromatic heterocycles. The molecule has 2 aromatic rings. The van der Waals surface area contributed by atoms with Crippen molar-refractivity contribution in [3.8, 4) is 5.75 Å². The van der Waals surface area contributed by atoms with Gasteiger partial charge in [0.25, 0.3) is 5.91 Å². The van der Waals surface area contributed by atoms with Crippen LogP contribution in [0.25, 0.3) is 0 Å². The Hall–Kier alpha value is -2.61. The Morgan fingerprint density at radius 2 is 2.09 bits per heavy atom. The summed E-state index contributed by atoms with van der Waals surface area (Å²) >= 11 is 1.22. The van der Waals surface area contributed by atoms with Crippen LogP contribution in [0.15, 0.2) is 29.4 Å². The van der Waals surface area contributed by atoms with E-state index in [1.165, 1.54) is 11.5 Å². The van der Waals surface area contributed by atoms with Crippen LogP contribution in [-0.2, 0) is 4.79 Å². The zero-order valence-electron chi connectivity index (χ0n) is 13.2. The van der Waals surface area contributed by atoms with Crippen molar-refractivity contribution in [2.24, 2.45) is 5.10 Å². The van der Waals surface area contributed by atoms with Gasteiger partial charge in [-0.1, -0.05) is 0 Å². The van der Waals surface area contributed by atoms with Gasteiger partial charge >= 0.3 is 0 Å². The molecule has 0 aliphatic carbocycles. The lowest BCUT2D eigenvalue weighted by molar-refractivity contribution is -0.119. The number of hydrogen-bond acceptors (Lipinski definition) is 7. The number of aryl methyl sites for hydroxylation is 1. The van der Waals surface area contributed by atoms with Crippen molar-refractivity contribution >= 4 is 33.8 Å². The molecule has 0 radical (unpaired) electrons. The largest absolute Gasteiger partial charge is 0.497 e. The Balaban J connectivity index is 1.88. The number of nitrogens with zero attached hydrogens (tertiary/aromatic N) is 2. The van der Waals surface area contributed by atoms with Gasteiger partial charge in [0, 0.05) is 5.69 Å². The first-order valence-electron chi connectivity index (χ1n) is 6.94. The highest BCUT2D eigenvalue weighted by Gasteiger charge is 2.11. The number of benzene rings is 1. The number of hydrazone groups is 1. The van der Waals surface area contributed by atoms with Crippen molar-refractivity contribution in [1.29, 1.82) is 0 Å². The number of carbonyl (C=O) groups excluding carboxylic acids is 1. The monoisotopic (exact) mass is 333 g/mol. The molecule has 0 spiro atoms. The van der Waals surface area contributed by atoms with E-state index in [4.69, 9.17) is 10.5 Å². The van der Waals surface area contributed by atoms with E-state index in [1.54, 1.807) is 14.0 Å². The Labute approximate surface area is 138 Å². The molecule has 1 aromatic carbocycles. The van der Waals surface area contributed by atoms with E-state index in [1.807, 2.05) is 31.2 Å². The van der Waals surface area contributed by atoms with Crippen molar-refractivity contribution in [2.75, 3.05) is 24.7 Å². The van der Waals surface area contributed by atoms with Gasteiger partial charge in [-0.3, -0.25) is 4.79 Å². The summed E-state index contributed by atoms with van der Waals surface area (Å²) in [5.74, 6) is 0.511. The van der Waals surface area contributed by atoms with Gasteiger partial charge in [0.05, 0.1) is 30.6 Å². The molecule has 0 bridgehead atoms. The third kappa shape index (κ3) is 4.43. The lowest BCUT2D eigenvalue weighted by Crippen LogP contribution is -2.26. The molecule has 1 heterocycles. The lowest BCUT2D eigenvalue weighted by atomic mass is 10.2. The first-order valence-corrected chi connectivity index (χ1v) is 7.71. The first-order chi connectivity index (χ1) is 11.0. The van der Waals surface area contributed by atoms with Gasteiger partial charge in [0.15, 0.2) is 0 Å². The molecule has 0 unspecified atom stereocenters. The maximum atomic E-state index is 11.8. The van der Waals surface area contributed by atoms with Gasteiger partial charge in [0.2, 0.25) is 0 Å². The predicted molar refractivity (Wildman–Crippen MR) is 93.1 cm³/mol. The van der Waals surface area contributed by atoms with E-state index in [0.29, 0.717) is 10.7 Å². The molecule has 2 rings (SSSR count). The van der Waals surface area contributed by atoms with Crippen LogP contribution >= 0.6 is 11.5 Å². The third-order valence-corrected chi connectivity index (χ3v) is 3.91. The van der Waals surface area contributed by atoms with E-state index in [-0.39, 0.29) is 12.5 Å². The second-order valence-corrected chi connectivity index (χ2v) is 5.63. The van der Waals surface area contributed by atoms with Gasteiger partial charge in [-0.05, 0) is 49.6 Å². The highest BCUT2D eigenvalue weighted by molar-refractivity contribution is 7.10. The second-order valence-electron chi connectivity index (χ2n) is 4.82. The van der Waals surface area contributed by atoms with Crippen LogP contribution in [-0.4, -0.2) is 29.6 Å². The van der Waals surface area contributed by atoms with Crippen molar-refractivity contribution in [3.63, 3.8) is 0 Å². The van der Waals surface area contributed by atoms with Crippen LogP contribution in [0, 0.1) is 6.92 Å². The maximum Gasteiger partial charge on any atom is 0.259 e. The summed E-state index contributed by atoms with van der Waals surface area (Å²) in [6.07, 6.45) is 0. The molecule has 0 fully saturated rings. The van der Waals surface area contributed by atoms with Crippen molar-refractivity contribution < 1.29 is 9.53 Å². The normalized spacial score (nSPS) is 11.2. The van der Waals surface area contributed by atoms with Gasteiger partial charge in [0.1, 0.15) is 10.8 Å². The van der Waals surface area contributed by atoms with Gasteiger partial charge in [-0.25, -0.2) is 5.43 Å². The first kappa shape index (κ1) is 16.8. The Morgan fingerprint density at radius 1 is 1.39 bits per heavy atom. The molecule has 0 saturated carbocycles. The Bertz CT molecular complexity index is 690. The van der Waals surface area contributed by atoms with Crippen LogP contribution in [0.4, 0.5) is 10.7 Å². The third-order valence-electron chi connectivity index (χ3n) is 3.14. The summed E-state index contributed by atoms with van der Waals surface area (Å²) in [5.41, 5.74) is 11.4. The molecule has 23 heavy (non-hydrogen) atoms. The summed E-state index contributed by atoms with van der Waals surface area (Å²) in [6, 6.07) is 7.30. The Kier molecular flexibility index (Phi) is 5.53. The van der Waals surface area contributed by atoms with Crippen LogP contribution in [0.3, 0.4) is 0 Å². The highest BCUT2D eigenvalue weighted by atomic mass is 32.1. The second kappa shape index (κ2) is 7.59. The standard InChI is InChI=1S/C15H19N5O2S/c1-9(14-10(2)20-23-15(14)16)18-19-13(21)8-17-11-4-6-12(22-3)7-5-11/h4-7,17H,8,16H2,1-3H3,(H,19,21)/b18-9-. The minimum Gasteiger partial charge on any atom is -0.497 e. The van der Waals surface area contributed by atoms with Crippen LogP contribution in [0.5, 0.6) is 5.75 Å². The molecular weight excluding hydrogens is 314 g/mol. The summed E-state index contributed by atoms with van der Waals surface area (Å²) < 4.78 is 9.23. The minimum absolute atomic E-state index is 0.111. The number of carbonyl (C=O) groups is 1. The van der Waals surface area contributed by atoms with Gasteiger partial charge < -0.3 is 15.8 Å². The number of nitrogens with one attached hydrogen (secondary N) is 2. The number of methoxy groups -OCH3 is 1. The summed E-state index contributed by atoms with van der Waals surface area (Å²) in [6.45, 7) is 3.75. The molecule has 1 amide bonds. The number of aromatic nitrogens is 1. The van der Waals surface area contributed by atoms with Crippen molar-refractivity contribution in [2.45, 2.75) is 13.8 Å². The topological polar surface area (TPSA) is 102 Å².